The van der Waals surface area contributed by atoms with Crippen LogP contribution in [0, 0.1) is 0 Å². The summed E-state index contributed by atoms with van der Waals surface area (Å²) in [6, 6.07) is 1.66. The van der Waals surface area contributed by atoms with Gasteiger partial charge in [0.15, 0.2) is 11.4 Å². The molecule has 18 heavy (non-hydrogen) atoms. The van der Waals surface area contributed by atoms with Crippen molar-refractivity contribution in [3.8, 4) is 0 Å². The molecule has 0 unspecified atom stereocenters. The number of carbonyl (C=O) groups is 1. The molecule has 0 atom stereocenters. The first-order chi connectivity index (χ1) is 8.72. The number of aldehydes is 1. The van der Waals surface area contributed by atoms with Gasteiger partial charge in [-0.15, -0.1) is 0 Å². The Kier molecular flexibility index (Phi) is 2.92. The summed E-state index contributed by atoms with van der Waals surface area (Å²) in [5.74, 6) is 0.835. The Morgan fingerprint density at radius 1 is 1.28 bits per heavy atom. The molecule has 0 aromatic carbocycles. The van der Waals surface area contributed by atoms with E-state index >= 15 is 0 Å². The summed E-state index contributed by atoms with van der Waals surface area (Å²) < 4.78 is 1.81. The molecule has 1 aliphatic rings. The van der Waals surface area contributed by atoms with Crippen molar-refractivity contribution >= 4 is 40.8 Å². The summed E-state index contributed by atoms with van der Waals surface area (Å²) in [6.45, 7) is 1.88. The van der Waals surface area contributed by atoms with Crippen LogP contribution in [0.25, 0.3) is 5.52 Å². The molecule has 6 heteroatoms. The van der Waals surface area contributed by atoms with Gasteiger partial charge in [0.2, 0.25) is 0 Å². The Bertz CT molecular complexity index is 617. The van der Waals surface area contributed by atoms with E-state index in [2.05, 4.69) is 9.88 Å². The van der Waals surface area contributed by atoms with Crippen LogP contribution in [0.4, 0.5) is 5.82 Å². The van der Waals surface area contributed by atoms with Gasteiger partial charge < -0.3 is 4.90 Å². The van der Waals surface area contributed by atoms with Crippen LogP contribution in [0.5, 0.6) is 0 Å². The van der Waals surface area contributed by atoms with E-state index in [9.17, 15) is 4.79 Å². The van der Waals surface area contributed by atoms with Crippen LogP contribution in [0.3, 0.4) is 0 Å². The monoisotopic (exact) mass is 283 g/mol. The standard InChI is InChI=1S/C12H11Cl2N3O/c13-9-5-8(6-18)12(16-3-1-2-4-16)17-7-15-11(14)10(9)17/h5-7H,1-4H2. The highest BCUT2D eigenvalue weighted by atomic mass is 35.5. The van der Waals surface area contributed by atoms with Gasteiger partial charge in [0.25, 0.3) is 0 Å². The molecule has 0 saturated carbocycles. The Morgan fingerprint density at radius 3 is 2.67 bits per heavy atom. The number of hydrogen-bond acceptors (Lipinski definition) is 3. The predicted octanol–water partition coefficient (Wildman–Crippen LogP) is 3.05. The molecule has 3 heterocycles. The fourth-order valence-corrected chi connectivity index (χ4v) is 3.04. The summed E-state index contributed by atoms with van der Waals surface area (Å²) in [5, 5.41) is 0.806. The molecule has 0 amide bonds. The van der Waals surface area contributed by atoms with E-state index in [1.165, 1.54) is 0 Å². The lowest BCUT2D eigenvalue weighted by molar-refractivity contribution is 0.112. The van der Waals surface area contributed by atoms with E-state index in [0.717, 1.165) is 38.0 Å². The fraction of sp³-hybridized carbons (Fsp3) is 0.333. The van der Waals surface area contributed by atoms with Gasteiger partial charge >= 0.3 is 0 Å². The average Bonchev–Trinajstić information content (AvgIpc) is 2.99. The Morgan fingerprint density at radius 2 is 2.00 bits per heavy atom. The first-order valence-electron chi connectivity index (χ1n) is 5.77. The summed E-state index contributed by atoms with van der Waals surface area (Å²) in [6.07, 6.45) is 4.70. The largest absolute Gasteiger partial charge is 0.357 e. The SMILES string of the molecule is O=Cc1cc(Cl)c2c(Cl)ncn2c1N1CCCC1. The Labute approximate surface area is 114 Å². The molecular formula is C12H11Cl2N3O. The average molecular weight is 284 g/mol. The van der Waals surface area contributed by atoms with Crippen LogP contribution in [0.1, 0.15) is 23.2 Å². The van der Waals surface area contributed by atoms with Crippen LogP contribution >= 0.6 is 23.2 Å². The molecule has 1 fully saturated rings. The summed E-state index contributed by atoms with van der Waals surface area (Å²) in [7, 11) is 0. The van der Waals surface area contributed by atoms with Gasteiger partial charge in [-0.3, -0.25) is 9.20 Å². The Hall–Kier alpha value is -1.26. The topological polar surface area (TPSA) is 37.6 Å². The van der Waals surface area contributed by atoms with Crippen LogP contribution in [-0.4, -0.2) is 28.8 Å². The van der Waals surface area contributed by atoms with Crippen LogP contribution in [0.2, 0.25) is 10.2 Å². The number of nitrogens with zero attached hydrogens (tertiary/aromatic N) is 3. The molecule has 0 aliphatic carbocycles. The summed E-state index contributed by atoms with van der Waals surface area (Å²) >= 11 is 12.2. The zero-order chi connectivity index (χ0) is 12.7. The van der Waals surface area contributed by atoms with Crippen LogP contribution in [-0.2, 0) is 0 Å². The minimum Gasteiger partial charge on any atom is -0.357 e. The molecule has 0 bridgehead atoms. The smallest absolute Gasteiger partial charge is 0.156 e. The van der Waals surface area contributed by atoms with Gasteiger partial charge in [-0.1, -0.05) is 23.2 Å². The second-order valence-electron chi connectivity index (χ2n) is 4.34. The molecule has 3 rings (SSSR count). The third kappa shape index (κ3) is 1.68. The maximum atomic E-state index is 11.2. The van der Waals surface area contributed by atoms with E-state index in [0.29, 0.717) is 21.3 Å². The maximum Gasteiger partial charge on any atom is 0.156 e. The van der Waals surface area contributed by atoms with Crippen molar-refractivity contribution in [2.45, 2.75) is 12.8 Å². The van der Waals surface area contributed by atoms with Crippen molar-refractivity contribution in [3.05, 3.63) is 28.1 Å². The van der Waals surface area contributed by atoms with Gasteiger partial charge in [-0.25, -0.2) is 4.98 Å². The normalized spacial score (nSPS) is 15.6. The maximum absolute atomic E-state index is 11.2. The number of imidazole rings is 1. The number of rotatable bonds is 2. The lowest BCUT2D eigenvalue weighted by Gasteiger charge is -2.21. The molecule has 0 radical (unpaired) electrons. The molecule has 2 aromatic rings. The molecule has 4 nitrogen and oxygen atoms in total. The number of hydrogen-bond donors (Lipinski definition) is 0. The zero-order valence-electron chi connectivity index (χ0n) is 9.57. The third-order valence-corrected chi connectivity index (χ3v) is 3.81. The van der Waals surface area contributed by atoms with E-state index in [1.807, 2.05) is 0 Å². The number of halogens is 2. The highest BCUT2D eigenvalue weighted by Crippen LogP contribution is 2.33. The van der Waals surface area contributed by atoms with E-state index < -0.39 is 0 Å². The summed E-state index contributed by atoms with van der Waals surface area (Å²) in [5.41, 5.74) is 1.23. The first kappa shape index (κ1) is 11.8. The minimum absolute atomic E-state index is 0.359. The third-order valence-electron chi connectivity index (χ3n) is 3.25. The van der Waals surface area contributed by atoms with Crippen molar-refractivity contribution < 1.29 is 4.79 Å². The number of fused-ring (bicyclic) bond motifs is 1. The van der Waals surface area contributed by atoms with E-state index in [4.69, 9.17) is 23.2 Å². The molecule has 0 spiro atoms. The Balaban J connectivity index is 2.32. The molecule has 0 N–H and O–H groups in total. The minimum atomic E-state index is 0.359. The predicted molar refractivity (Wildman–Crippen MR) is 72.0 cm³/mol. The van der Waals surface area contributed by atoms with Crippen LogP contribution < -0.4 is 4.90 Å². The summed E-state index contributed by atoms with van der Waals surface area (Å²) in [4.78, 5) is 17.5. The first-order valence-corrected chi connectivity index (χ1v) is 6.53. The lowest BCUT2D eigenvalue weighted by Crippen LogP contribution is -2.22. The zero-order valence-corrected chi connectivity index (χ0v) is 11.1. The quantitative estimate of drug-likeness (QED) is 0.795. The van der Waals surface area contributed by atoms with Gasteiger partial charge in [0.05, 0.1) is 10.6 Å². The number of pyridine rings is 1. The van der Waals surface area contributed by atoms with Gasteiger partial charge in [-0.05, 0) is 18.9 Å². The van der Waals surface area contributed by atoms with E-state index in [1.54, 1.807) is 16.8 Å². The highest BCUT2D eigenvalue weighted by Gasteiger charge is 2.21. The van der Waals surface area contributed by atoms with E-state index in [-0.39, 0.29) is 0 Å². The van der Waals surface area contributed by atoms with Crippen molar-refractivity contribution in [1.29, 1.82) is 0 Å². The van der Waals surface area contributed by atoms with Crippen molar-refractivity contribution in [3.63, 3.8) is 0 Å². The lowest BCUT2D eigenvalue weighted by atomic mass is 10.2. The number of carbonyl (C=O) groups excluding carboxylic acids is 1. The second kappa shape index (κ2) is 4.44. The fourth-order valence-electron chi connectivity index (χ4n) is 2.46. The molecule has 1 aliphatic heterocycles. The molecule has 94 valence electrons. The van der Waals surface area contributed by atoms with Crippen LogP contribution in [0.15, 0.2) is 12.4 Å². The molecule has 1 saturated heterocycles. The van der Waals surface area contributed by atoms with Gasteiger partial charge in [0, 0.05) is 13.1 Å². The van der Waals surface area contributed by atoms with Gasteiger partial charge in [0.1, 0.15) is 17.7 Å². The second-order valence-corrected chi connectivity index (χ2v) is 5.10. The number of anilines is 1. The number of aromatic nitrogens is 2. The highest BCUT2D eigenvalue weighted by molar-refractivity contribution is 6.39. The molecule has 2 aromatic heterocycles. The molecular weight excluding hydrogens is 273 g/mol. The van der Waals surface area contributed by atoms with Crippen molar-refractivity contribution in [2.75, 3.05) is 18.0 Å². The van der Waals surface area contributed by atoms with Crippen molar-refractivity contribution in [1.82, 2.24) is 9.38 Å². The van der Waals surface area contributed by atoms with Crippen molar-refractivity contribution in [2.24, 2.45) is 0 Å². The van der Waals surface area contributed by atoms with Gasteiger partial charge in [-0.2, -0.15) is 0 Å².